The summed E-state index contributed by atoms with van der Waals surface area (Å²) in [6.07, 6.45) is 7.71. The van der Waals surface area contributed by atoms with Gasteiger partial charge in [-0.25, -0.2) is 4.39 Å². The summed E-state index contributed by atoms with van der Waals surface area (Å²) in [6, 6.07) is 9.01. The van der Waals surface area contributed by atoms with Gasteiger partial charge in [-0.05, 0) is 36.6 Å². The minimum atomic E-state index is -0.179. The SMILES string of the molecule is CN=C(NCc1ccnn1C)NCC1(c2ccc(F)cc2)CCCCC1.I. The van der Waals surface area contributed by atoms with Crippen LogP contribution in [0.1, 0.15) is 43.4 Å². The zero-order valence-corrected chi connectivity index (χ0v) is 18.4. The second-order valence-corrected chi connectivity index (χ2v) is 7.07. The van der Waals surface area contributed by atoms with Crippen molar-refractivity contribution in [2.45, 2.75) is 44.1 Å². The molecule has 1 saturated carbocycles. The van der Waals surface area contributed by atoms with Gasteiger partial charge < -0.3 is 10.6 Å². The van der Waals surface area contributed by atoms with E-state index in [1.165, 1.54) is 24.8 Å². The normalized spacial score (nSPS) is 16.5. The zero-order chi connectivity index (χ0) is 18.4. The van der Waals surface area contributed by atoms with Crippen LogP contribution >= 0.6 is 24.0 Å². The standard InChI is InChI=1S/C20H28FN5.HI/c1-22-19(23-14-18-10-13-25-26(18)2)24-15-20(11-4-3-5-12-20)16-6-8-17(21)9-7-16;/h6-10,13H,3-5,11-12,14-15H2,1-2H3,(H2,22,23,24);1H. The first kappa shape index (κ1) is 21.7. The lowest BCUT2D eigenvalue weighted by Crippen LogP contribution is -2.46. The molecule has 1 fully saturated rings. The van der Waals surface area contributed by atoms with E-state index in [9.17, 15) is 4.39 Å². The van der Waals surface area contributed by atoms with Gasteiger partial charge >= 0.3 is 0 Å². The highest BCUT2D eigenvalue weighted by molar-refractivity contribution is 14.0. The molecule has 0 amide bonds. The third kappa shape index (κ3) is 5.43. The molecule has 0 aliphatic heterocycles. The number of aromatic nitrogens is 2. The van der Waals surface area contributed by atoms with Gasteiger partial charge in [0, 0.05) is 32.3 Å². The van der Waals surface area contributed by atoms with Crippen molar-refractivity contribution in [2.75, 3.05) is 13.6 Å². The van der Waals surface area contributed by atoms with E-state index in [2.05, 4.69) is 20.7 Å². The average molecular weight is 485 g/mol. The van der Waals surface area contributed by atoms with Crippen LogP contribution in [0.2, 0.25) is 0 Å². The summed E-state index contributed by atoms with van der Waals surface area (Å²) < 4.78 is 15.2. The van der Waals surface area contributed by atoms with E-state index in [-0.39, 0.29) is 35.2 Å². The molecule has 7 heteroatoms. The minimum absolute atomic E-state index is 0. The number of aryl methyl sites for hydroxylation is 1. The van der Waals surface area contributed by atoms with Crippen molar-refractivity contribution in [3.05, 3.63) is 53.6 Å². The second kappa shape index (κ2) is 10.1. The Balaban J connectivity index is 0.00000261. The van der Waals surface area contributed by atoms with Crippen LogP contribution in [0.3, 0.4) is 0 Å². The molecule has 1 aliphatic carbocycles. The number of nitrogens with zero attached hydrogens (tertiary/aromatic N) is 3. The van der Waals surface area contributed by atoms with Crippen LogP contribution in [-0.2, 0) is 19.0 Å². The van der Waals surface area contributed by atoms with E-state index in [0.29, 0.717) is 6.54 Å². The van der Waals surface area contributed by atoms with Crippen LogP contribution in [0.5, 0.6) is 0 Å². The van der Waals surface area contributed by atoms with Gasteiger partial charge in [-0.2, -0.15) is 5.10 Å². The van der Waals surface area contributed by atoms with Crippen molar-refractivity contribution in [1.29, 1.82) is 0 Å². The van der Waals surface area contributed by atoms with Crippen LogP contribution in [0.15, 0.2) is 41.5 Å². The summed E-state index contributed by atoms with van der Waals surface area (Å²) in [5.74, 6) is 0.597. The number of hydrogen-bond acceptors (Lipinski definition) is 2. The first-order valence-electron chi connectivity index (χ1n) is 9.30. The summed E-state index contributed by atoms with van der Waals surface area (Å²) in [4.78, 5) is 4.35. The van der Waals surface area contributed by atoms with Crippen LogP contribution in [-0.4, -0.2) is 29.3 Å². The number of nitrogens with one attached hydrogen (secondary N) is 2. The van der Waals surface area contributed by atoms with Crippen molar-refractivity contribution < 1.29 is 4.39 Å². The summed E-state index contributed by atoms with van der Waals surface area (Å²) in [6.45, 7) is 1.46. The van der Waals surface area contributed by atoms with Gasteiger partial charge in [-0.15, -0.1) is 24.0 Å². The maximum atomic E-state index is 13.4. The van der Waals surface area contributed by atoms with Gasteiger partial charge in [-0.3, -0.25) is 9.67 Å². The molecule has 2 aromatic rings. The quantitative estimate of drug-likeness (QED) is 0.386. The fourth-order valence-corrected chi connectivity index (χ4v) is 3.82. The molecule has 2 N–H and O–H groups in total. The van der Waals surface area contributed by atoms with E-state index < -0.39 is 0 Å². The van der Waals surface area contributed by atoms with Gasteiger partial charge in [0.25, 0.3) is 0 Å². The van der Waals surface area contributed by atoms with Crippen LogP contribution in [0.25, 0.3) is 0 Å². The Kier molecular flexibility index (Phi) is 8.07. The molecule has 0 spiro atoms. The van der Waals surface area contributed by atoms with Gasteiger partial charge in [0.2, 0.25) is 0 Å². The summed E-state index contributed by atoms with van der Waals surface area (Å²) in [5.41, 5.74) is 2.35. The fourth-order valence-electron chi connectivity index (χ4n) is 3.82. The van der Waals surface area contributed by atoms with E-state index in [4.69, 9.17) is 0 Å². The number of halogens is 2. The molecular weight excluding hydrogens is 456 g/mol. The zero-order valence-electron chi connectivity index (χ0n) is 16.0. The Morgan fingerprint density at radius 2 is 1.85 bits per heavy atom. The van der Waals surface area contributed by atoms with Crippen molar-refractivity contribution in [2.24, 2.45) is 12.0 Å². The molecule has 0 unspecified atom stereocenters. The fraction of sp³-hybridized carbons (Fsp3) is 0.500. The van der Waals surface area contributed by atoms with E-state index in [1.54, 1.807) is 25.4 Å². The van der Waals surface area contributed by atoms with Crippen LogP contribution in [0, 0.1) is 5.82 Å². The van der Waals surface area contributed by atoms with Gasteiger partial charge in [0.05, 0.1) is 12.2 Å². The smallest absolute Gasteiger partial charge is 0.191 e. The maximum Gasteiger partial charge on any atom is 0.191 e. The molecule has 148 valence electrons. The minimum Gasteiger partial charge on any atom is -0.356 e. The van der Waals surface area contributed by atoms with Gasteiger partial charge in [-0.1, -0.05) is 31.4 Å². The van der Waals surface area contributed by atoms with Gasteiger partial charge in [0.1, 0.15) is 5.82 Å². The van der Waals surface area contributed by atoms with Crippen LogP contribution < -0.4 is 10.6 Å². The molecule has 1 aliphatic rings. The van der Waals surface area contributed by atoms with Gasteiger partial charge in [0.15, 0.2) is 5.96 Å². The average Bonchev–Trinajstić information content (AvgIpc) is 3.08. The van der Waals surface area contributed by atoms with Crippen molar-refractivity contribution in [1.82, 2.24) is 20.4 Å². The number of hydrogen-bond donors (Lipinski definition) is 2. The summed E-state index contributed by atoms with van der Waals surface area (Å²) in [7, 11) is 3.71. The Morgan fingerprint density at radius 3 is 2.44 bits per heavy atom. The van der Waals surface area contributed by atoms with Crippen molar-refractivity contribution in [3.63, 3.8) is 0 Å². The van der Waals surface area contributed by atoms with E-state index >= 15 is 0 Å². The topological polar surface area (TPSA) is 54.2 Å². The van der Waals surface area contributed by atoms with E-state index in [0.717, 1.165) is 31.0 Å². The highest BCUT2D eigenvalue weighted by atomic mass is 127. The molecule has 1 aromatic carbocycles. The Hall–Kier alpha value is -1.64. The first-order valence-corrected chi connectivity index (χ1v) is 9.30. The van der Waals surface area contributed by atoms with E-state index in [1.807, 2.05) is 29.9 Å². The third-order valence-corrected chi connectivity index (χ3v) is 5.44. The Morgan fingerprint density at radius 1 is 1.15 bits per heavy atom. The lowest BCUT2D eigenvalue weighted by atomic mass is 9.69. The molecule has 3 rings (SSSR count). The molecule has 0 saturated heterocycles. The largest absolute Gasteiger partial charge is 0.356 e. The number of guanidine groups is 1. The number of aliphatic imine (C=N–C) groups is 1. The molecule has 5 nitrogen and oxygen atoms in total. The predicted molar refractivity (Wildman–Crippen MR) is 118 cm³/mol. The summed E-state index contributed by atoms with van der Waals surface area (Å²) in [5, 5.41) is 11.0. The number of benzene rings is 1. The molecule has 0 atom stereocenters. The highest BCUT2D eigenvalue weighted by Crippen LogP contribution is 2.39. The highest BCUT2D eigenvalue weighted by Gasteiger charge is 2.34. The molecule has 0 bridgehead atoms. The number of rotatable bonds is 5. The van der Waals surface area contributed by atoms with Crippen molar-refractivity contribution >= 4 is 29.9 Å². The Bertz CT molecular complexity index is 735. The Labute approximate surface area is 177 Å². The third-order valence-electron chi connectivity index (χ3n) is 5.44. The molecule has 1 aromatic heterocycles. The lowest BCUT2D eigenvalue weighted by molar-refractivity contribution is 0.291. The predicted octanol–water partition coefficient (Wildman–Crippen LogP) is 3.74. The maximum absolute atomic E-state index is 13.4. The monoisotopic (exact) mass is 485 g/mol. The van der Waals surface area contributed by atoms with Crippen molar-refractivity contribution in [3.8, 4) is 0 Å². The second-order valence-electron chi connectivity index (χ2n) is 7.07. The molecule has 0 radical (unpaired) electrons. The van der Waals surface area contributed by atoms with Crippen LogP contribution in [0.4, 0.5) is 4.39 Å². The molecule has 27 heavy (non-hydrogen) atoms. The molecular formula is C20H29FIN5. The lowest BCUT2D eigenvalue weighted by Gasteiger charge is -2.38. The first-order chi connectivity index (χ1) is 12.6. The molecule has 1 heterocycles. The summed E-state index contributed by atoms with van der Waals surface area (Å²) >= 11 is 0.